The Morgan fingerprint density at radius 2 is 1.97 bits per heavy atom. The fraction of sp³-hybridized carbons (Fsp3) is 0.333. The molecule has 4 N–H and O–H groups in total. The van der Waals surface area contributed by atoms with Crippen molar-refractivity contribution < 1.29 is 18.0 Å². The number of nitrogens with one attached hydrogen (secondary N) is 2. The van der Waals surface area contributed by atoms with Crippen molar-refractivity contribution in [1.82, 2.24) is 5.32 Å². The standard InChI is InChI=1S/C21H21F3N4O/c22-21(23,24)20(6-8-26-9-7-20)27-12-13(11-25)10-14-4-5-17-18-15(14)2-1-3-16(18)19(29)28-17/h1-5,11-12,26H,6-10,25H2,(H,28,29). The normalized spacial score (nSPS) is 19.1. The van der Waals surface area contributed by atoms with E-state index in [4.69, 9.17) is 5.73 Å². The molecule has 0 unspecified atom stereocenters. The van der Waals surface area contributed by atoms with Gasteiger partial charge in [0.1, 0.15) is 0 Å². The summed E-state index contributed by atoms with van der Waals surface area (Å²) in [6, 6.07) is 9.11. The molecule has 1 saturated heterocycles. The van der Waals surface area contributed by atoms with E-state index in [9.17, 15) is 18.0 Å². The number of piperidine rings is 1. The number of amides is 1. The van der Waals surface area contributed by atoms with E-state index in [1.54, 1.807) is 18.2 Å². The zero-order valence-electron chi connectivity index (χ0n) is 15.6. The van der Waals surface area contributed by atoms with Gasteiger partial charge in [0.2, 0.25) is 0 Å². The number of alkyl halides is 3. The van der Waals surface area contributed by atoms with Crippen molar-refractivity contribution in [2.24, 2.45) is 10.7 Å². The van der Waals surface area contributed by atoms with Crippen LogP contribution in [0.1, 0.15) is 28.8 Å². The zero-order chi connectivity index (χ0) is 20.6. The third-order valence-corrected chi connectivity index (χ3v) is 5.67. The summed E-state index contributed by atoms with van der Waals surface area (Å²) in [6.45, 7) is 0.544. The second-order valence-corrected chi connectivity index (χ2v) is 7.41. The molecule has 152 valence electrons. The van der Waals surface area contributed by atoms with Gasteiger partial charge in [-0.3, -0.25) is 9.79 Å². The Hall–Kier alpha value is -2.87. The van der Waals surface area contributed by atoms with Crippen molar-refractivity contribution in [3.8, 4) is 0 Å². The molecule has 0 saturated carbocycles. The van der Waals surface area contributed by atoms with Crippen LogP contribution in [0.2, 0.25) is 0 Å². The Morgan fingerprint density at radius 3 is 2.66 bits per heavy atom. The largest absolute Gasteiger partial charge is 0.413 e. The minimum atomic E-state index is -4.42. The highest BCUT2D eigenvalue weighted by molar-refractivity contribution is 6.24. The summed E-state index contributed by atoms with van der Waals surface area (Å²) in [5, 5.41) is 7.47. The number of nitrogens with two attached hydrogens (primary N) is 1. The van der Waals surface area contributed by atoms with E-state index in [0.29, 0.717) is 17.6 Å². The van der Waals surface area contributed by atoms with Crippen LogP contribution in [0.25, 0.3) is 10.8 Å². The van der Waals surface area contributed by atoms with Gasteiger partial charge in [0.15, 0.2) is 5.54 Å². The van der Waals surface area contributed by atoms with Gasteiger partial charge in [0, 0.05) is 29.3 Å². The van der Waals surface area contributed by atoms with Gasteiger partial charge in [-0.15, -0.1) is 0 Å². The first-order valence-electron chi connectivity index (χ1n) is 9.44. The lowest BCUT2D eigenvalue weighted by Crippen LogP contribution is -2.51. The summed E-state index contributed by atoms with van der Waals surface area (Å²) in [5.74, 6) is -0.156. The van der Waals surface area contributed by atoms with Crippen molar-refractivity contribution in [2.75, 3.05) is 18.4 Å². The van der Waals surface area contributed by atoms with E-state index in [1.165, 1.54) is 12.4 Å². The minimum absolute atomic E-state index is 0.0976. The molecule has 0 aromatic heterocycles. The molecule has 8 heteroatoms. The Balaban J connectivity index is 1.65. The van der Waals surface area contributed by atoms with E-state index < -0.39 is 11.7 Å². The average molecular weight is 402 g/mol. The van der Waals surface area contributed by atoms with E-state index in [2.05, 4.69) is 15.6 Å². The third-order valence-electron chi connectivity index (χ3n) is 5.67. The minimum Gasteiger partial charge on any atom is -0.404 e. The monoisotopic (exact) mass is 402 g/mol. The van der Waals surface area contributed by atoms with Gasteiger partial charge < -0.3 is 16.4 Å². The van der Waals surface area contributed by atoms with Gasteiger partial charge in [0.05, 0.1) is 0 Å². The molecule has 2 aliphatic rings. The summed E-state index contributed by atoms with van der Waals surface area (Å²) in [7, 11) is 0. The number of carbonyl (C=O) groups is 1. The molecule has 1 fully saturated rings. The molecule has 0 spiro atoms. The lowest BCUT2D eigenvalue weighted by molar-refractivity contribution is -0.191. The molecular weight excluding hydrogens is 381 g/mol. The third kappa shape index (κ3) is 3.37. The molecule has 2 heterocycles. The number of aliphatic imine (C=N–C) groups is 1. The van der Waals surface area contributed by atoms with Crippen LogP contribution in [-0.4, -0.2) is 36.9 Å². The summed E-state index contributed by atoms with van der Waals surface area (Å²) in [4.78, 5) is 16.1. The maximum Gasteiger partial charge on any atom is 0.413 e. The highest BCUT2D eigenvalue weighted by atomic mass is 19.4. The van der Waals surface area contributed by atoms with Crippen molar-refractivity contribution in [3.63, 3.8) is 0 Å². The molecule has 0 atom stereocenters. The summed E-state index contributed by atoms with van der Waals surface area (Å²) < 4.78 is 41.1. The van der Waals surface area contributed by atoms with Crippen LogP contribution in [-0.2, 0) is 6.42 Å². The first kappa shape index (κ1) is 19.4. The number of hydrogen-bond acceptors (Lipinski definition) is 4. The van der Waals surface area contributed by atoms with E-state index in [1.807, 2.05) is 12.1 Å². The van der Waals surface area contributed by atoms with Crippen LogP contribution in [0.3, 0.4) is 0 Å². The Bertz CT molecular complexity index is 1020. The van der Waals surface area contributed by atoms with Crippen LogP contribution in [0, 0.1) is 0 Å². The van der Waals surface area contributed by atoms with Crippen LogP contribution in [0.5, 0.6) is 0 Å². The number of carbonyl (C=O) groups excluding carboxylic acids is 1. The Kier molecular flexibility index (Phi) is 4.82. The predicted molar refractivity (Wildman–Crippen MR) is 107 cm³/mol. The molecule has 4 rings (SSSR count). The Morgan fingerprint density at radius 1 is 1.21 bits per heavy atom. The van der Waals surface area contributed by atoms with E-state index in [-0.39, 0.29) is 31.8 Å². The lowest BCUT2D eigenvalue weighted by Gasteiger charge is -2.35. The molecule has 0 radical (unpaired) electrons. The first-order chi connectivity index (χ1) is 13.8. The maximum absolute atomic E-state index is 13.7. The van der Waals surface area contributed by atoms with Crippen molar-refractivity contribution in [2.45, 2.75) is 31.0 Å². The van der Waals surface area contributed by atoms with Gasteiger partial charge in [-0.25, -0.2) is 0 Å². The fourth-order valence-corrected chi connectivity index (χ4v) is 4.00. The number of nitrogens with zero attached hydrogens (tertiary/aromatic N) is 1. The molecule has 2 aromatic carbocycles. The number of rotatable bonds is 4. The number of halogens is 3. The molecule has 1 amide bonds. The van der Waals surface area contributed by atoms with Crippen LogP contribution in [0.15, 0.2) is 47.1 Å². The molecule has 5 nitrogen and oxygen atoms in total. The van der Waals surface area contributed by atoms with Crippen LogP contribution in [0.4, 0.5) is 18.9 Å². The topological polar surface area (TPSA) is 79.5 Å². The van der Waals surface area contributed by atoms with Gasteiger partial charge >= 0.3 is 6.18 Å². The van der Waals surface area contributed by atoms with Gasteiger partial charge in [0.25, 0.3) is 5.91 Å². The number of anilines is 1. The Labute approximate surface area is 165 Å². The predicted octanol–water partition coefficient (Wildman–Crippen LogP) is 3.55. The van der Waals surface area contributed by atoms with Gasteiger partial charge in [-0.05, 0) is 60.8 Å². The summed E-state index contributed by atoms with van der Waals surface area (Å²) in [6.07, 6.45) is -1.74. The maximum atomic E-state index is 13.7. The van der Waals surface area contributed by atoms with Crippen LogP contribution < -0.4 is 16.4 Å². The lowest BCUT2D eigenvalue weighted by atomic mass is 9.88. The molecule has 0 bridgehead atoms. The van der Waals surface area contributed by atoms with Crippen LogP contribution >= 0.6 is 0 Å². The van der Waals surface area contributed by atoms with E-state index in [0.717, 1.165) is 22.0 Å². The number of allylic oxidation sites excluding steroid dienone is 1. The fourth-order valence-electron chi connectivity index (χ4n) is 4.00. The first-order valence-corrected chi connectivity index (χ1v) is 9.44. The molecular formula is C21H21F3N4O. The molecule has 29 heavy (non-hydrogen) atoms. The quantitative estimate of drug-likeness (QED) is 0.685. The molecule has 2 aliphatic heterocycles. The number of hydrogen-bond donors (Lipinski definition) is 3. The van der Waals surface area contributed by atoms with Gasteiger partial charge in [-0.1, -0.05) is 18.2 Å². The van der Waals surface area contributed by atoms with Gasteiger partial charge in [-0.2, -0.15) is 13.2 Å². The highest BCUT2D eigenvalue weighted by Gasteiger charge is 2.54. The number of benzene rings is 2. The van der Waals surface area contributed by atoms with Crippen molar-refractivity contribution in [1.29, 1.82) is 0 Å². The summed E-state index contributed by atoms with van der Waals surface area (Å²) >= 11 is 0. The second-order valence-electron chi connectivity index (χ2n) is 7.41. The SMILES string of the molecule is NC=C(C=NC1(C(F)(F)F)CCNCC1)Cc1ccc2c3c(cccc13)C(=O)N2. The average Bonchev–Trinajstić information content (AvgIpc) is 3.04. The second kappa shape index (κ2) is 7.18. The molecule has 0 aliphatic carbocycles. The molecule has 2 aromatic rings. The van der Waals surface area contributed by atoms with E-state index >= 15 is 0 Å². The highest BCUT2D eigenvalue weighted by Crippen LogP contribution is 2.40. The smallest absolute Gasteiger partial charge is 0.404 e. The summed E-state index contributed by atoms with van der Waals surface area (Å²) in [5.41, 5.74) is 6.33. The van der Waals surface area contributed by atoms with Crippen molar-refractivity contribution >= 4 is 28.6 Å². The van der Waals surface area contributed by atoms with Crippen molar-refractivity contribution in [3.05, 3.63) is 53.2 Å². The zero-order valence-corrected chi connectivity index (χ0v) is 15.6.